The molecule has 2 aliphatic rings. The second-order valence-corrected chi connectivity index (χ2v) is 14.1. The number of aryl methyl sites for hydroxylation is 2. The summed E-state index contributed by atoms with van der Waals surface area (Å²) in [6, 6.07) is 45.9. The second-order valence-electron chi connectivity index (χ2n) is 11.3. The van der Waals surface area contributed by atoms with Gasteiger partial charge >= 0.3 is 0 Å². The first kappa shape index (κ1) is 25.2. The van der Waals surface area contributed by atoms with Crippen molar-refractivity contribution in [3.8, 4) is 33.6 Å². The fourth-order valence-electron chi connectivity index (χ4n) is 6.97. The zero-order valence-electron chi connectivity index (χ0n) is 23.3. The molecule has 0 bridgehead atoms. The normalized spacial score (nSPS) is 13.4. The Morgan fingerprint density at radius 1 is 0.452 bits per heavy atom. The first-order valence-electron chi connectivity index (χ1n) is 14.8. The Labute approximate surface area is 247 Å². The van der Waals surface area contributed by atoms with Gasteiger partial charge in [-0.2, -0.15) is 0 Å². The molecule has 0 fully saturated rings. The van der Waals surface area contributed by atoms with Crippen LogP contribution in [0.4, 0.5) is 0 Å². The summed E-state index contributed by atoms with van der Waals surface area (Å²) < 4.78 is 15.0. The van der Waals surface area contributed by atoms with Crippen LogP contribution in [0.5, 0.6) is 0 Å². The molecule has 0 spiro atoms. The molecule has 0 saturated carbocycles. The molecule has 0 amide bonds. The Kier molecular flexibility index (Phi) is 6.05. The maximum absolute atomic E-state index is 15.0. The Morgan fingerprint density at radius 2 is 0.881 bits per heavy atom. The van der Waals surface area contributed by atoms with E-state index < -0.39 is 7.14 Å². The first-order chi connectivity index (χ1) is 20.7. The highest BCUT2D eigenvalue weighted by Gasteiger charge is 2.31. The van der Waals surface area contributed by atoms with Gasteiger partial charge in [-0.15, -0.1) is 0 Å². The van der Waals surface area contributed by atoms with Crippen molar-refractivity contribution in [2.45, 2.75) is 25.7 Å². The molecule has 1 heterocycles. The molecule has 202 valence electrons. The van der Waals surface area contributed by atoms with E-state index in [-0.39, 0.29) is 0 Å². The van der Waals surface area contributed by atoms with Crippen LogP contribution in [0.3, 0.4) is 0 Å². The SMILES string of the molecule is O=P(c1ccccc1)(c1ccccc1)c1ccc(-c2c3c(nc4c2CCc2ccccc2-4)-c2ccccc2CC3)cc1. The van der Waals surface area contributed by atoms with Crippen molar-refractivity contribution in [2.75, 3.05) is 0 Å². The van der Waals surface area contributed by atoms with Crippen molar-refractivity contribution in [2.24, 2.45) is 0 Å². The molecule has 42 heavy (non-hydrogen) atoms. The fraction of sp³-hybridized carbons (Fsp3) is 0.103. The van der Waals surface area contributed by atoms with Crippen molar-refractivity contribution < 1.29 is 4.57 Å². The van der Waals surface area contributed by atoms with Crippen LogP contribution >= 0.6 is 7.14 Å². The van der Waals surface area contributed by atoms with Crippen LogP contribution in [-0.4, -0.2) is 4.98 Å². The molecule has 0 aliphatic heterocycles. The number of hydrogen-bond donors (Lipinski definition) is 0. The van der Waals surface area contributed by atoms with Gasteiger partial charge in [0, 0.05) is 27.0 Å². The highest BCUT2D eigenvalue weighted by Crippen LogP contribution is 2.47. The van der Waals surface area contributed by atoms with Crippen molar-refractivity contribution in [3.05, 3.63) is 156 Å². The molecule has 2 aliphatic carbocycles. The van der Waals surface area contributed by atoms with Crippen LogP contribution in [-0.2, 0) is 30.2 Å². The predicted octanol–water partition coefficient (Wildman–Crippen LogP) is 7.92. The minimum absolute atomic E-state index is 0.857. The fourth-order valence-corrected chi connectivity index (χ4v) is 9.61. The van der Waals surface area contributed by atoms with Gasteiger partial charge in [0.25, 0.3) is 0 Å². The Morgan fingerprint density at radius 3 is 1.38 bits per heavy atom. The summed E-state index contributed by atoms with van der Waals surface area (Å²) in [5.41, 5.74) is 12.7. The number of pyridine rings is 1. The van der Waals surface area contributed by atoms with Gasteiger partial charge < -0.3 is 4.57 Å². The van der Waals surface area contributed by atoms with E-state index in [2.05, 4.69) is 72.8 Å². The molecule has 2 nitrogen and oxygen atoms in total. The smallest absolute Gasteiger partial charge is 0.171 e. The average Bonchev–Trinajstić information content (AvgIpc) is 3.07. The van der Waals surface area contributed by atoms with E-state index >= 15 is 0 Å². The van der Waals surface area contributed by atoms with E-state index in [0.717, 1.165) is 53.0 Å². The minimum Gasteiger partial charge on any atom is -0.309 e. The maximum atomic E-state index is 15.0. The van der Waals surface area contributed by atoms with Crippen LogP contribution in [0.25, 0.3) is 33.6 Å². The summed E-state index contributed by atoms with van der Waals surface area (Å²) >= 11 is 0. The van der Waals surface area contributed by atoms with Crippen molar-refractivity contribution >= 4 is 23.1 Å². The topological polar surface area (TPSA) is 30.0 Å². The standard InChI is InChI=1S/C39H30NOP/c41-42(30-13-3-1-4-14-30,31-15-5-2-6-16-31)32-23-19-29(20-24-32)37-35-25-21-27-11-7-9-17-33(27)38(35)40-39-34-18-10-8-12-28(34)22-26-36(37)39/h1-20,23-24H,21-22,25-26H2. The summed E-state index contributed by atoms with van der Waals surface area (Å²) in [5.74, 6) is 0. The van der Waals surface area contributed by atoms with Gasteiger partial charge in [0.1, 0.15) is 0 Å². The van der Waals surface area contributed by atoms with Gasteiger partial charge in [0.15, 0.2) is 7.14 Å². The lowest BCUT2D eigenvalue weighted by molar-refractivity contribution is 0.592. The number of aromatic nitrogens is 1. The molecule has 5 aromatic carbocycles. The largest absolute Gasteiger partial charge is 0.309 e. The number of nitrogens with zero attached hydrogens (tertiary/aromatic N) is 1. The van der Waals surface area contributed by atoms with Gasteiger partial charge in [-0.1, -0.05) is 133 Å². The number of fused-ring (bicyclic) bond motifs is 6. The van der Waals surface area contributed by atoms with Crippen LogP contribution in [0, 0.1) is 0 Å². The number of rotatable bonds is 4. The zero-order valence-corrected chi connectivity index (χ0v) is 24.2. The Hall–Kier alpha value is -4.52. The third-order valence-electron chi connectivity index (χ3n) is 8.99. The van der Waals surface area contributed by atoms with Crippen molar-refractivity contribution in [1.82, 2.24) is 4.98 Å². The van der Waals surface area contributed by atoms with E-state index in [9.17, 15) is 4.57 Å². The molecule has 6 aromatic rings. The quantitative estimate of drug-likeness (QED) is 0.205. The van der Waals surface area contributed by atoms with Gasteiger partial charge in [0.2, 0.25) is 0 Å². The minimum atomic E-state index is -3.03. The third-order valence-corrected chi connectivity index (χ3v) is 12.1. The van der Waals surface area contributed by atoms with E-state index in [4.69, 9.17) is 4.98 Å². The van der Waals surface area contributed by atoms with Crippen LogP contribution in [0.1, 0.15) is 22.3 Å². The molecule has 3 heteroatoms. The average molecular weight is 560 g/mol. The molecule has 0 radical (unpaired) electrons. The van der Waals surface area contributed by atoms with E-state index in [1.165, 1.54) is 44.5 Å². The van der Waals surface area contributed by atoms with Crippen LogP contribution in [0.2, 0.25) is 0 Å². The molecule has 0 atom stereocenters. The van der Waals surface area contributed by atoms with Crippen LogP contribution in [0.15, 0.2) is 133 Å². The Balaban J connectivity index is 1.34. The van der Waals surface area contributed by atoms with Gasteiger partial charge in [-0.3, -0.25) is 0 Å². The van der Waals surface area contributed by atoms with E-state index in [1.54, 1.807) is 0 Å². The molecule has 0 unspecified atom stereocenters. The first-order valence-corrected chi connectivity index (χ1v) is 16.5. The van der Waals surface area contributed by atoms with Gasteiger partial charge in [-0.05, 0) is 59.1 Å². The summed E-state index contributed by atoms with van der Waals surface area (Å²) in [7, 11) is -3.03. The van der Waals surface area contributed by atoms with Gasteiger partial charge in [0.05, 0.1) is 11.4 Å². The van der Waals surface area contributed by atoms with Gasteiger partial charge in [-0.25, -0.2) is 4.98 Å². The highest BCUT2D eigenvalue weighted by atomic mass is 31.2. The van der Waals surface area contributed by atoms with Crippen molar-refractivity contribution in [1.29, 1.82) is 0 Å². The second kappa shape index (κ2) is 10.1. The molecular formula is C39H30NOP. The third kappa shape index (κ3) is 3.94. The zero-order chi connectivity index (χ0) is 28.1. The number of benzene rings is 5. The summed E-state index contributed by atoms with van der Waals surface area (Å²) in [6.07, 6.45) is 3.97. The highest BCUT2D eigenvalue weighted by molar-refractivity contribution is 7.85. The molecule has 8 rings (SSSR count). The predicted molar refractivity (Wildman–Crippen MR) is 175 cm³/mol. The molecule has 1 aromatic heterocycles. The Bertz CT molecular complexity index is 1880. The summed E-state index contributed by atoms with van der Waals surface area (Å²) in [4.78, 5) is 5.41. The monoisotopic (exact) mass is 559 g/mol. The van der Waals surface area contributed by atoms with E-state index in [1.807, 2.05) is 60.7 Å². The summed E-state index contributed by atoms with van der Waals surface area (Å²) in [6.45, 7) is 0. The lowest BCUT2D eigenvalue weighted by atomic mass is 9.78. The molecule has 0 saturated heterocycles. The summed E-state index contributed by atoms with van der Waals surface area (Å²) in [5, 5.41) is 2.57. The van der Waals surface area contributed by atoms with Crippen molar-refractivity contribution in [3.63, 3.8) is 0 Å². The maximum Gasteiger partial charge on any atom is 0.171 e. The van der Waals surface area contributed by atoms with Crippen LogP contribution < -0.4 is 15.9 Å². The lowest BCUT2D eigenvalue weighted by Crippen LogP contribution is -2.24. The molecule has 0 N–H and O–H groups in total. The van der Waals surface area contributed by atoms with E-state index in [0.29, 0.717) is 0 Å². The molecular weight excluding hydrogens is 529 g/mol. The lowest BCUT2D eigenvalue weighted by Gasteiger charge is -2.29. The number of hydrogen-bond acceptors (Lipinski definition) is 2.